The summed E-state index contributed by atoms with van der Waals surface area (Å²) < 4.78 is 2.05. The average Bonchev–Trinajstić information content (AvgIpc) is 3.13. The number of anilines is 1. The van der Waals surface area contributed by atoms with Crippen LogP contribution in [0.3, 0.4) is 0 Å². The number of benzene rings is 1. The summed E-state index contributed by atoms with van der Waals surface area (Å²) >= 11 is 6.11. The first-order chi connectivity index (χ1) is 13.6. The molecule has 1 aromatic carbocycles. The van der Waals surface area contributed by atoms with E-state index in [-0.39, 0.29) is 24.0 Å². The molecule has 2 heterocycles. The highest BCUT2D eigenvalue weighted by atomic mass is 127. The van der Waals surface area contributed by atoms with E-state index < -0.39 is 0 Å². The van der Waals surface area contributed by atoms with Gasteiger partial charge in [-0.15, -0.1) is 24.0 Å². The van der Waals surface area contributed by atoms with Crippen molar-refractivity contribution < 1.29 is 0 Å². The van der Waals surface area contributed by atoms with Crippen LogP contribution in [0.5, 0.6) is 0 Å². The van der Waals surface area contributed by atoms with Gasteiger partial charge in [0.2, 0.25) is 0 Å². The second-order valence-electron chi connectivity index (χ2n) is 7.20. The van der Waals surface area contributed by atoms with E-state index in [0.29, 0.717) is 0 Å². The lowest BCUT2D eigenvalue weighted by Gasteiger charge is -2.36. The number of rotatable bonds is 7. The summed E-state index contributed by atoms with van der Waals surface area (Å²) in [5, 5.41) is 7.57. The van der Waals surface area contributed by atoms with E-state index in [1.54, 1.807) is 0 Å². The Morgan fingerprint density at radius 1 is 1.14 bits per heavy atom. The van der Waals surface area contributed by atoms with Crippen LogP contribution in [0, 0.1) is 0 Å². The molecule has 2 aromatic rings. The van der Waals surface area contributed by atoms with Crippen molar-refractivity contribution in [1.82, 2.24) is 20.1 Å². The fraction of sp³-hybridized carbons (Fsp3) is 0.476. The smallest absolute Gasteiger partial charge is 0.191 e. The van der Waals surface area contributed by atoms with Crippen LogP contribution in [0.25, 0.3) is 0 Å². The molecule has 0 atom stereocenters. The fourth-order valence-corrected chi connectivity index (χ4v) is 3.67. The topological polar surface area (TPSA) is 47.8 Å². The predicted molar refractivity (Wildman–Crippen MR) is 134 cm³/mol. The maximum atomic E-state index is 6.11. The third-order valence-corrected chi connectivity index (χ3v) is 5.30. The summed E-state index contributed by atoms with van der Waals surface area (Å²) in [4.78, 5) is 9.24. The molecule has 0 radical (unpaired) electrons. The van der Waals surface area contributed by atoms with Gasteiger partial charge in [0.25, 0.3) is 0 Å². The first-order valence-corrected chi connectivity index (χ1v) is 10.3. The first-order valence-electron chi connectivity index (χ1n) is 9.92. The Kier molecular flexibility index (Phi) is 10.1. The molecule has 1 aliphatic heterocycles. The summed E-state index contributed by atoms with van der Waals surface area (Å²) in [7, 11) is 3.85. The van der Waals surface area contributed by atoms with Crippen LogP contribution < -0.4 is 15.5 Å². The molecule has 1 aromatic heterocycles. The minimum atomic E-state index is 0. The molecular formula is C21H32ClIN6. The van der Waals surface area contributed by atoms with Gasteiger partial charge in [-0.05, 0) is 42.8 Å². The fourth-order valence-electron chi connectivity index (χ4n) is 3.48. The van der Waals surface area contributed by atoms with Gasteiger partial charge in [-0.2, -0.15) is 0 Å². The number of aliphatic imine (C=N–C) groups is 1. The van der Waals surface area contributed by atoms with Gasteiger partial charge in [0.1, 0.15) is 0 Å². The van der Waals surface area contributed by atoms with Crippen molar-refractivity contribution in [1.29, 1.82) is 0 Å². The van der Waals surface area contributed by atoms with E-state index in [2.05, 4.69) is 60.6 Å². The summed E-state index contributed by atoms with van der Waals surface area (Å²) in [5.74, 6) is 0.856. The van der Waals surface area contributed by atoms with Gasteiger partial charge in [-0.3, -0.25) is 9.89 Å². The minimum Gasteiger partial charge on any atom is -0.369 e. The Morgan fingerprint density at radius 2 is 1.93 bits per heavy atom. The Bertz CT molecular complexity index is 770. The normalized spacial score (nSPS) is 15.1. The lowest BCUT2D eigenvalue weighted by atomic mass is 10.2. The lowest BCUT2D eigenvalue weighted by Crippen LogP contribution is -2.47. The first kappa shape index (κ1) is 23.8. The maximum Gasteiger partial charge on any atom is 0.191 e. The van der Waals surface area contributed by atoms with E-state index in [0.717, 1.165) is 63.2 Å². The van der Waals surface area contributed by atoms with Crippen molar-refractivity contribution in [2.45, 2.75) is 13.0 Å². The number of hydrogen-bond acceptors (Lipinski definition) is 3. The van der Waals surface area contributed by atoms with Crippen LogP contribution in [-0.2, 0) is 13.6 Å². The number of guanidine groups is 1. The van der Waals surface area contributed by atoms with Crippen LogP contribution in [0.1, 0.15) is 12.0 Å². The van der Waals surface area contributed by atoms with Crippen LogP contribution in [-0.4, -0.2) is 61.7 Å². The Labute approximate surface area is 196 Å². The molecule has 0 unspecified atom stereocenters. The van der Waals surface area contributed by atoms with Crippen molar-refractivity contribution in [3.63, 3.8) is 0 Å². The summed E-state index contributed by atoms with van der Waals surface area (Å²) in [6.45, 7) is 7.09. The van der Waals surface area contributed by atoms with E-state index in [4.69, 9.17) is 11.6 Å². The third kappa shape index (κ3) is 7.71. The summed E-state index contributed by atoms with van der Waals surface area (Å²) in [6, 6.07) is 10.3. The largest absolute Gasteiger partial charge is 0.369 e. The van der Waals surface area contributed by atoms with E-state index in [1.807, 2.05) is 26.2 Å². The number of aromatic nitrogens is 1. The molecule has 8 heteroatoms. The lowest BCUT2D eigenvalue weighted by molar-refractivity contribution is 0.255. The molecule has 2 N–H and O–H groups in total. The summed E-state index contributed by atoms with van der Waals surface area (Å²) in [5.41, 5.74) is 2.48. The minimum absolute atomic E-state index is 0. The van der Waals surface area contributed by atoms with E-state index >= 15 is 0 Å². The van der Waals surface area contributed by atoms with Gasteiger partial charge < -0.3 is 20.1 Å². The molecule has 0 saturated carbocycles. The quantitative estimate of drug-likeness (QED) is 0.250. The molecule has 3 rings (SSSR count). The Balaban J connectivity index is 0.00000300. The van der Waals surface area contributed by atoms with Gasteiger partial charge in [0.15, 0.2) is 5.96 Å². The molecule has 160 valence electrons. The highest BCUT2D eigenvalue weighted by Gasteiger charge is 2.16. The zero-order chi connectivity index (χ0) is 19.8. The van der Waals surface area contributed by atoms with Crippen LogP contribution in [0.15, 0.2) is 47.7 Å². The molecule has 1 saturated heterocycles. The van der Waals surface area contributed by atoms with Crippen LogP contribution >= 0.6 is 35.6 Å². The maximum absolute atomic E-state index is 6.11. The molecule has 6 nitrogen and oxygen atoms in total. The van der Waals surface area contributed by atoms with Gasteiger partial charge >= 0.3 is 0 Å². The zero-order valence-corrected chi connectivity index (χ0v) is 20.4. The highest BCUT2D eigenvalue weighted by molar-refractivity contribution is 14.0. The van der Waals surface area contributed by atoms with E-state index in [1.165, 1.54) is 11.3 Å². The second kappa shape index (κ2) is 12.3. The SMILES string of the molecule is CN=C(NCCCN1CCN(c2cccc(Cl)c2)CC1)NCc1ccn(C)c1.I. The number of halogens is 2. The van der Waals surface area contributed by atoms with Gasteiger partial charge in [-0.25, -0.2) is 0 Å². The molecule has 1 fully saturated rings. The van der Waals surface area contributed by atoms with Gasteiger partial charge in [0, 0.05) is 76.5 Å². The Morgan fingerprint density at radius 3 is 2.59 bits per heavy atom. The average molecular weight is 531 g/mol. The summed E-state index contributed by atoms with van der Waals surface area (Å²) in [6.07, 6.45) is 5.27. The van der Waals surface area contributed by atoms with Crippen LogP contribution in [0.2, 0.25) is 5.02 Å². The molecule has 1 aliphatic rings. The van der Waals surface area contributed by atoms with Gasteiger partial charge in [0.05, 0.1) is 0 Å². The highest BCUT2D eigenvalue weighted by Crippen LogP contribution is 2.20. The van der Waals surface area contributed by atoms with Crippen molar-refractivity contribution in [2.75, 3.05) is 51.2 Å². The van der Waals surface area contributed by atoms with Crippen molar-refractivity contribution in [3.8, 4) is 0 Å². The number of piperazine rings is 1. The number of hydrogen-bond donors (Lipinski definition) is 2. The molecule has 29 heavy (non-hydrogen) atoms. The van der Waals surface area contributed by atoms with Crippen molar-refractivity contribution in [3.05, 3.63) is 53.3 Å². The molecule has 0 spiro atoms. The standard InChI is InChI=1S/C21H31ClN6.HI/c1-23-21(25-16-18-7-10-26(2)17-18)24-8-4-9-27-11-13-28(14-12-27)20-6-3-5-19(22)15-20;/h3,5-7,10,15,17H,4,8-9,11-14,16H2,1-2H3,(H2,23,24,25);1H. The third-order valence-electron chi connectivity index (χ3n) is 5.07. The monoisotopic (exact) mass is 530 g/mol. The van der Waals surface area contributed by atoms with Crippen LogP contribution in [0.4, 0.5) is 5.69 Å². The van der Waals surface area contributed by atoms with Gasteiger partial charge in [-0.1, -0.05) is 17.7 Å². The second-order valence-corrected chi connectivity index (χ2v) is 7.64. The number of nitrogens with one attached hydrogen (secondary N) is 2. The number of nitrogens with zero attached hydrogens (tertiary/aromatic N) is 4. The Hall–Kier alpha value is -1.45. The van der Waals surface area contributed by atoms with E-state index in [9.17, 15) is 0 Å². The van der Waals surface area contributed by atoms with Crippen molar-refractivity contribution >= 4 is 47.2 Å². The molecule has 0 amide bonds. The molecule has 0 bridgehead atoms. The van der Waals surface area contributed by atoms with Crippen molar-refractivity contribution in [2.24, 2.45) is 12.0 Å². The zero-order valence-electron chi connectivity index (χ0n) is 17.3. The number of aryl methyl sites for hydroxylation is 1. The predicted octanol–water partition coefficient (Wildman–Crippen LogP) is 3.17. The molecule has 0 aliphatic carbocycles. The molecular weight excluding hydrogens is 499 g/mol.